The number of hydrogen-bond donors (Lipinski definition) is 3. The van der Waals surface area contributed by atoms with Crippen molar-refractivity contribution in [1.29, 1.82) is 5.26 Å². The van der Waals surface area contributed by atoms with Gasteiger partial charge in [0.15, 0.2) is 0 Å². The van der Waals surface area contributed by atoms with Crippen LogP contribution in [0.25, 0.3) is 0 Å². The van der Waals surface area contributed by atoms with Crippen molar-refractivity contribution in [3.63, 3.8) is 0 Å². The fraction of sp³-hybridized carbons (Fsp3) is 0.250. The van der Waals surface area contributed by atoms with Crippen molar-refractivity contribution >= 4 is 23.4 Å². The largest absolute Gasteiger partial charge is 0.366 e. The fourth-order valence-corrected chi connectivity index (χ4v) is 2.69. The van der Waals surface area contributed by atoms with E-state index in [0.29, 0.717) is 11.5 Å². The number of hydrogen-bond acceptors (Lipinski definition) is 7. The first-order valence-corrected chi connectivity index (χ1v) is 9.38. The molecule has 0 fully saturated rings. The van der Waals surface area contributed by atoms with Crippen LogP contribution in [-0.4, -0.2) is 31.7 Å². The molecule has 1 amide bonds. The second-order valence-corrected chi connectivity index (χ2v) is 6.92. The monoisotopic (exact) mass is 426 g/mol. The highest BCUT2D eigenvalue weighted by Crippen LogP contribution is 2.18. The summed E-state index contributed by atoms with van der Waals surface area (Å²) in [7, 11) is 0. The van der Waals surface area contributed by atoms with E-state index in [9.17, 15) is 13.6 Å². The Bertz CT molecular complexity index is 1100. The molecule has 0 spiro atoms. The lowest BCUT2D eigenvalue weighted by Crippen LogP contribution is -2.33. The molecule has 31 heavy (non-hydrogen) atoms. The summed E-state index contributed by atoms with van der Waals surface area (Å²) in [6.07, 6.45) is 4.63. The maximum absolute atomic E-state index is 14.0. The van der Waals surface area contributed by atoms with E-state index in [4.69, 9.17) is 5.26 Å². The van der Waals surface area contributed by atoms with Crippen molar-refractivity contribution in [3.05, 3.63) is 59.6 Å². The zero-order valence-electron chi connectivity index (χ0n) is 16.9. The first-order valence-electron chi connectivity index (χ1n) is 9.38. The van der Waals surface area contributed by atoms with Crippen LogP contribution in [0.1, 0.15) is 25.0 Å². The Labute approximate surface area is 177 Å². The van der Waals surface area contributed by atoms with Crippen molar-refractivity contribution in [3.8, 4) is 6.07 Å². The number of rotatable bonds is 8. The van der Waals surface area contributed by atoms with Gasteiger partial charge in [-0.25, -0.2) is 13.8 Å². The average molecular weight is 426 g/mol. The lowest BCUT2D eigenvalue weighted by atomic mass is 10.1. The molecule has 0 bridgehead atoms. The third-order valence-corrected chi connectivity index (χ3v) is 4.02. The van der Waals surface area contributed by atoms with Crippen molar-refractivity contribution in [2.75, 3.05) is 10.6 Å². The summed E-state index contributed by atoms with van der Waals surface area (Å²) in [6, 6.07) is 5.24. The molecule has 0 aliphatic rings. The van der Waals surface area contributed by atoms with Gasteiger partial charge >= 0.3 is 0 Å². The van der Waals surface area contributed by atoms with Gasteiger partial charge in [-0.15, -0.1) is 0 Å². The predicted molar refractivity (Wildman–Crippen MR) is 109 cm³/mol. The van der Waals surface area contributed by atoms with E-state index in [1.165, 1.54) is 17.1 Å². The van der Waals surface area contributed by atoms with Crippen LogP contribution in [0.3, 0.4) is 0 Å². The lowest BCUT2D eigenvalue weighted by molar-refractivity contribution is -0.122. The quantitative estimate of drug-likeness (QED) is 0.506. The summed E-state index contributed by atoms with van der Waals surface area (Å²) in [5.41, 5.74) is 0.279. The van der Waals surface area contributed by atoms with E-state index in [1.807, 2.05) is 13.8 Å². The van der Waals surface area contributed by atoms with Crippen LogP contribution in [-0.2, 0) is 17.9 Å². The van der Waals surface area contributed by atoms with Crippen LogP contribution < -0.4 is 16.0 Å². The molecule has 1 aromatic carbocycles. The van der Waals surface area contributed by atoms with E-state index in [0.717, 1.165) is 12.1 Å². The zero-order chi connectivity index (χ0) is 22.4. The molecular weight excluding hydrogens is 406 g/mol. The van der Waals surface area contributed by atoms with Gasteiger partial charge in [0, 0.05) is 30.5 Å². The van der Waals surface area contributed by atoms with Crippen LogP contribution in [0.4, 0.5) is 26.2 Å². The van der Waals surface area contributed by atoms with E-state index >= 15 is 0 Å². The number of nitrogens with zero attached hydrogens (tertiary/aromatic N) is 5. The maximum Gasteiger partial charge on any atom is 0.241 e. The molecule has 2 aromatic heterocycles. The first-order chi connectivity index (χ1) is 14.8. The van der Waals surface area contributed by atoms with Crippen molar-refractivity contribution in [2.24, 2.45) is 0 Å². The van der Waals surface area contributed by atoms with Crippen molar-refractivity contribution in [1.82, 2.24) is 25.1 Å². The Hall–Kier alpha value is -4.07. The molecule has 0 aliphatic heterocycles. The standard InChI is InChI=1S/C20H20F2N8O/c1-12(2)27-19(31)11-30-10-14(8-26-30)28-20-24-4-3-18(29-20)25-9-15-16(21)5-13(7-23)6-17(15)22/h3-6,8,10,12H,9,11H2,1-2H3,(H,27,31)(H2,24,25,28,29). The van der Waals surface area contributed by atoms with Gasteiger partial charge in [-0.1, -0.05) is 0 Å². The third-order valence-electron chi connectivity index (χ3n) is 4.02. The molecule has 0 saturated carbocycles. The van der Waals surface area contributed by atoms with Crippen LogP contribution >= 0.6 is 0 Å². The normalized spacial score (nSPS) is 10.6. The molecule has 0 unspecified atom stereocenters. The van der Waals surface area contributed by atoms with Crippen LogP contribution in [0.2, 0.25) is 0 Å². The molecule has 0 aliphatic carbocycles. The number of amides is 1. The second kappa shape index (κ2) is 9.62. The minimum atomic E-state index is -0.814. The molecule has 0 radical (unpaired) electrons. The Balaban J connectivity index is 1.63. The number of aromatic nitrogens is 4. The lowest BCUT2D eigenvalue weighted by Gasteiger charge is -2.09. The number of nitriles is 1. The third kappa shape index (κ3) is 5.96. The highest BCUT2D eigenvalue weighted by atomic mass is 19.1. The van der Waals surface area contributed by atoms with Gasteiger partial charge in [0.25, 0.3) is 0 Å². The highest BCUT2D eigenvalue weighted by molar-refractivity contribution is 5.76. The summed E-state index contributed by atoms with van der Waals surface area (Å²) in [4.78, 5) is 20.1. The van der Waals surface area contributed by atoms with E-state index in [1.54, 1.807) is 18.3 Å². The summed E-state index contributed by atoms with van der Waals surface area (Å²) < 4.78 is 29.5. The molecule has 3 rings (SSSR count). The molecule has 11 heteroatoms. The molecule has 0 atom stereocenters. The van der Waals surface area contributed by atoms with Gasteiger partial charge in [-0.2, -0.15) is 15.3 Å². The molecule has 160 valence electrons. The Morgan fingerprint density at radius 1 is 1.29 bits per heavy atom. The topological polar surface area (TPSA) is 121 Å². The summed E-state index contributed by atoms with van der Waals surface area (Å²) in [6.45, 7) is 3.65. The highest BCUT2D eigenvalue weighted by Gasteiger charge is 2.12. The molecular formula is C20H20F2N8O. The Kier molecular flexibility index (Phi) is 6.71. The number of nitrogens with one attached hydrogen (secondary N) is 3. The number of benzene rings is 1. The van der Waals surface area contributed by atoms with E-state index in [-0.39, 0.29) is 42.1 Å². The summed E-state index contributed by atoms with van der Waals surface area (Å²) in [5, 5.41) is 21.4. The number of anilines is 3. The minimum Gasteiger partial charge on any atom is -0.366 e. The van der Waals surface area contributed by atoms with E-state index in [2.05, 4.69) is 31.0 Å². The van der Waals surface area contributed by atoms with Gasteiger partial charge in [0.05, 0.1) is 23.5 Å². The number of halogens is 2. The summed E-state index contributed by atoms with van der Waals surface area (Å²) >= 11 is 0. The number of carbonyl (C=O) groups excluding carboxylic acids is 1. The van der Waals surface area contributed by atoms with Gasteiger partial charge < -0.3 is 16.0 Å². The molecule has 3 aromatic rings. The van der Waals surface area contributed by atoms with Crippen LogP contribution in [0.15, 0.2) is 36.8 Å². The Morgan fingerprint density at radius 2 is 2.03 bits per heavy atom. The van der Waals surface area contributed by atoms with Gasteiger partial charge in [0.2, 0.25) is 11.9 Å². The van der Waals surface area contributed by atoms with Crippen LogP contribution in [0.5, 0.6) is 0 Å². The maximum atomic E-state index is 14.0. The SMILES string of the molecule is CC(C)NC(=O)Cn1cc(Nc2nccc(NCc3c(F)cc(C#N)cc3F)n2)cn1. The summed E-state index contributed by atoms with van der Waals surface area (Å²) in [5.74, 6) is -1.22. The second-order valence-electron chi connectivity index (χ2n) is 6.92. The zero-order valence-corrected chi connectivity index (χ0v) is 16.9. The molecule has 2 heterocycles. The Morgan fingerprint density at radius 3 is 2.71 bits per heavy atom. The van der Waals surface area contributed by atoms with E-state index < -0.39 is 11.6 Å². The van der Waals surface area contributed by atoms with Crippen molar-refractivity contribution in [2.45, 2.75) is 33.0 Å². The molecule has 9 nitrogen and oxygen atoms in total. The average Bonchev–Trinajstić information content (AvgIpc) is 3.13. The first kappa shape index (κ1) is 21.6. The van der Waals surface area contributed by atoms with Crippen molar-refractivity contribution < 1.29 is 13.6 Å². The smallest absolute Gasteiger partial charge is 0.241 e. The predicted octanol–water partition coefficient (Wildman–Crippen LogP) is 2.70. The molecule has 3 N–H and O–H groups in total. The van der Waals surface area contributed by atoms with Gasteiger partial charge in [0.1, 0.15) is 24.0 Å². The van der Waals surface area contributed by atoms with Crippen LogP contribution in [0, 0.1) is 23.0 Å². The fourth-order valence-electron chi connectivity index (χ4n) is 2.69. The minimum absolute atomic E-state index is 0.0375. The van der Waals surface area contributed by atoms with Gasteiger partial charge in [-0.05, 0) is 32.0 Å². The van der Waals surface area contributed by atoms with Gasteiger partial charge in [-0.3, -0.25) is 9.48 Å². The molecule has 0 saturated heterocycles. The number of carbonyl (C=O) groups is 1.